The second-order valence-electron chi connectivity index (χ2n) is 5.20. The lowest BCUT2D eigenvalue weighted by Gasteiger charge is -2.46. The zero-order valence-electron chi connectivity index (χ0n) is 9.84. The van der Waals surface area contributed by atoms with Gasteiger partial charge in [-0.25, -0.2) is 0 Å². The first-order valence-electron chi connectivity index (χ1n) is 6.18. The van der Waals surface area contributed by atoms with Crippen LogP contribution in [0.4, 0.5) is 0 Å². The second kappa shape index (κ2) is 3.82. The molecule has 1 N–H and O–H groups in total. The van der Waals surface area contributed by atoms with E-state index in [1.54, 1.807) is 0 Å². The second-order valence-corrected chi connectivity index (χ2v) is 5.20. The number of nitrogens with zero attached hydrogens (tertiary/aromatic N) is 1. The van der Waals surface area contributed by atoms with Gasteiger partial charge in [-0.1, -0.05) is 13.8 Å². The van der Waals surface area contributed by atoms with E-state index in [0.29, 0.717) is 5.54 Å². The fourth-order valence-electron chi connectivity index (χ4n) is 2.85. The Balaban J connectivity index is 1.99. The smallest absolute Gasteiger partial charge is 0.0309 e. The molecule has 2 heteroatoms. The van der Waals surface area contributed by atoms with Crippen molar-refractivity contribution in [1.82, 2.24) is 10.2 Å². The highest BCUT2D eigenvalue weighted by Gasteiger charge is 2.45. The first kappa shape index (κ1) is 10.4. The average molecular weight is 196 g/mol. The fourth-order valence-corrected chi connectivity index (χ4v) is 2.85. The Morgan fingerprint density at radius 3 is 2.57 bits per heavy atom. The molecule has 0 aromatic carbocycles. The highest BCUT2D eigenvalue weighted by Crippen LogP contribution is 2.41. The van der Waals surface area contributed by atoms with Gasteiger partial charge >= 0.3 is 0 Å². The molecule has 0 bridgehead atoms. The maximum absolute atomic E-state index is 3.78. The Morgan fingerprint density at radius 1 is 1.36 bits per heavy atom. The molecule has 14 heavy (non-hydrogen) atoms. The van der Waals surface area contributed by atoms with Crippen LogP contribution >= 0.6 is 0 Å². The summed E-state index contributed by atoms with van der Waals surface area (Å²) in [6.07, 6.45) is 4.16. The maximum Gasteiger partial charge on any atom is 0.0309 e. The van der Waals surface area contributed by atoms with E-state index in [1.165, 1.54) is 38.9 Å². The molecule has 2 fully saturated rings. The van der Waals surface area contributed by atoms with Gasteiger partial charge in [-0.05, 0) is 38.6 Å². The van der Waals surface area contributed by atoms with Crippen LogP contribution in [-0.4, -0.2) is 36.1 Å². The molecule has 82 valence electrons. The van der Waals surface area contributed by atoms with Crippen LogP contribution in [0.3, 0.4) is 0 Å². The molecule has 2 rings (SSSR count). The lowest BCUT2D eigenvalue weighted by atomic mass is 9.90. The van der Waals surface area contributed by atoms with Crippen LogP contribution < -0.4 is 5.32 Å². The van der Waals surface area contributed by atoms with Gasteiger partial charge in [0, 0.05) is 24.7 Å². The molecular weight excluding hydrogens is 172 g/mol. The number of hydrogen-bond donors (Lipinski definition) is 1. The van der Waals surface area contributed by atoms with Gasteiger partial charge < -0.3 is 5.32 Å². The van der Waals surface area contributed by atoms with Crippen LogP contribution in [0.15, 0.2) is 0 Å². The summed E-state index contributed by atoms with van der Waals surface area (Å²) < 4.78 is 0. The van der Waals surface area contributed by atoms with Crippen LogP contribution in [0, 0.1) is 5.92 Å². The molecule has 2 atom stereocenters. The molecule has 1 aliphatic carbocycles. The van der Waals surface area contributed by atoms with Crippen molar-refractivity contribution < 1.29 is 0 Å². The number of hydrogen-bond acceptors (Lipinski definition) is 2. The van der Waals surface area contributed by atoms with E-state index < -0.39 is 0 Å². The molecule has 1 heterocycles. The van der Waals surface area contributed by atoms with Crippen molar-refractivity contribution in [2.24, 2.45) is 5.92 Å². The molecule has 2 aliphatic rings. The Bertz CT molecular complexity index is 200. The summed E-state index contributed by atoms with van der Waals surface area (Å²) in [6.45, 7) is 10.7. The third-order valence-electron chi connectivity index (χ3n) is 4.15. The van der Waals surface area contributed by atoms with Crippen molar-refractivity contribution in [2.45, 2.75) is 51.6 Å². The van der Waals surface area contributed by atoms with E-state index >= 15 is 0 Å². The number of rotatable bonds is 3. The molecule has 0 spiro atoms. The molecule has 1 saturated carbocycles. The molecule has 1 saturated heterocycles. The third kappa shape index (κ3) is 1.82. The first-order valence-corrected chi connectivity index (χ1v) is 6.18. The molecule has 2 nitrogen and oxygen atoms in total. The summed E-state index contributed by atoms with van der Waals surface area (Å²) in [5.41, 5.74) is 0.418. The monoisotopic (exact) mass is 196 g/mol. The molecule has 0 radical (unpaired) electrons. The third-order valence-corrected chi connectivity index (χ3v) is 4.15. The largest absolute Gasteiger partial charge is 0.308 e. The van der Waals surface area contributed by atoms with Gasteiger partial charge in [-0.3, -0.25) is 4.90 Å². The van der Waals surface area contributed by atoms with E-state index in [2.05, 4.69) is 31.0 Å². The fraction of sp³-hybridized carbons (Fsp3) is 1.00. The lowest BCUT2D eigenvalue weighted by molar-refractivity contribution is 0.0778. The van der Waals surface area contributed by atoms with Crippen molar-refractivity contribution in [3.05, 3.63) is 0 Å². The zero-order chi connectivity index (χ0) is 10.2. The van der Waals surface area contributed by atoms with Crippen LogP contribution in [-0.2, 0) is 0 Å². The van der Waals surface area contributed by atoms with E-state index in [9.17, 15) is 0 Å². The van der Waals surface area contributed by atoms with Gasteiger partial charge in [0.1, 0.15) is 0 Å². The van der Waals surface area contributed by atoms with Crippen molar-refractivity contribution >= 4 is 0 Å². The van der Waals surface area contributed by atoms with E-state index in [1.807, 2.05) is 0 Å². The van der Waals surface area contributed by atoms with Gasteiger partial charge in [-0.2, -0.15) is 0 Å². The predicted molar refractivity (Wildman–Crippen MR) is 60.5 cm³/mol. The Labute approximate surface area is 88.1 Å². The van der Waals surface area contributed by atoms with Gasteiger partial charge in [0.05, 0.1) is 0 Å². The van der Waals surface area contributed by atoms with Crippen molar-refractivity contribution in [2.75, 3.05) is 19.6 Å². The Hall–Kier alpha value is -0.0800. The van der Waals surface area contributed by atoms with Gasteiger partial charge in [0.2, 0.25) is 0 Å². The van der Waals surface area contributed by atoms with Gasteiger partial charge in [0.15, 0.2) is 0 Å². The van der Waals surface area contributed by atoms with Crippen molar-refractivity contribution in [3.63, 3.8) is 0 Å². The number of nitrogens with one attached hydrogen (secondary N) is 1. The summed E-state index contributed by atoms with van der Waals surface area (Å²) in [4.78, 5) is 2.66. The number of likely N-dealkylation sites (N-methyl/N-ethyl adjacent to an activating group) is 1. The lowest BCUT2D eigenvalue weighted by Crippen LogP contribution is -2.63. The standard InChI is InChI=1S/C12H24N2/c1-4-11-8-13-12(3,10-6-7-10)9-14(11)5-2/h10-11,13H,4-9H2,1-3H3. The van der Waals surface area contributed by atoms with Crippen LogP contribution in [0.2, 0.25) is 0 Å². The molecule has 2 unspecified atom stereocenters. The minimum atomic E-state index is 0.418. The summed E-state index contributed by atoms with van der Waals surface area (Å²) in [5.74, 6) is 0.953. The highest BCUT2D eigenvalue weighted by molar-refractivity contribution is 5.03. The zero-order valence-corrected chi connectivity index (χ0v) is 9.84. The molecule has 0 aromatic rings. The Morgan fingerprint density at radius 2 is 2.07 bits per heavy atom. The topological polar surface area (TPSA) is 15.3 Å². The molecule has 0 amide bonds. The van der Waals surface area contributed by atoms with Gasteiger partial charge in [0.25, 0.3) is 0 Å². The van der Waals surface area contributed by atoms with Crippen LogP contribution in [0.25, 0.3) is 0 Å². The minimum Gasteiger partial charge on any atom is -0.308 e. The summed E-state index contributed by atoms with van der Waals surface area (Å²) in [6, 6.07) is 0.770. The normalized spacial score (nSPS) is 40.1. The maximum atomic E-state index is 3.78. The highest BCUT2D eigenvalue weighted by atomic mass is 15.3. The predicted octanol–water partition coefficient (Wildman–Crippen LogP) is 1.86. The molecular formula is C12H24N2. The number of piperazine rings is 1. The average Bonchev–Trinajstić information content (AvgIpc) is 3.01. The summed E-state index contributed by atoms with van der Waals surface area (Å²) >= 11 is 0. The summed E-state index contributed by atoms with van der Waals surface area (Å²) in [7, 11) is 0. The van der Waals surface area contributed by atoms with Crippen molar-refractivity contribution in [1.29, 1.82) is 0 Å². The van der Waals surface area contributed by atoms with E-state index in [0.717, 1.165) is 12.0 Å². The minimum absolute atomic E-state index is 0.418. The van der Waals surface area contributed by atoms with Crippen LogP contribution in [0.5, 0.6) is 0 Å². The molecule has 1 aliphatic heterocycles. The van der Waals surface area contributed by atoms with Crippen LogP contribution in [0.1, 0.15) is 40.0 Å². The Kier molecular flexibility index (Phi) is 2.85. The van der Waals surface area contributed by atoms with Crippen molar-refractivity contribution in [3.8, 4) is 0 Å². The van der Waals surface area contributed by atoms with E-state index in [4.69, 9.17) is 0 Å². The summed E-state index contributed by atoms with van der Waals surface area (Å²) in [5, 5.41) is 3.78. The molecule has 0 aromatic heterocycles. The first-order chi connectivity index (χ1) is 6.69. The SMILES string of the molecule is CCC1CNC(C)(C2CC2)CN1CC. The van der Waals surface area contributed by atoms with Gasteiger partial charge in [-0.15, -0.1) is 0 Å². The van der Waals surface area contributed by atoms with E-state index in [-0.39, 0.29) is 0 Å². The quantitative estimate of drug-likeness (QED) is 0.741.